The third-order valence-corrected chi connectivity index (χ3v) is 1.54. The molecule has 2 N–H and O–H groups in total. The summed E-state index contributed by atoms with van der Waals surface area (Å²) in [6.07, 6.45) is 5.14. The van der Waals surface area contributed by atoms with Crippen molar-refractivity contribution in [1.29, 1.82) is 0 Å². The molecule has 1 rings (SSSR count). The zero-order valence-electron chi connectivity index (χ0n) is 7.78. The molecule has 0 unspecified atom stereocenters. The average Bonchev–Trinajstić information content (AvgIpc) is 2.19. The fourth-order valence-electron chi connectivity index (χ4n) is 0.913. The SMILES string of the molecule is C#Cc1ccc(N)c(C(=O)OCC)n1. The van der Waals surface area contributed by atoms with Crippen LogP contribution in [0.15, 0.2) is 12.1 Å². The molecule has 0 aliphatic heterocycles. The zero-order valence-corrected chi connectivity index (χ0v) is 7.78. The van der Waals surface area contributed by atoms with Gasteiger partial charge in [-0.15, -0.1) is 6.42 Å². The van der Waals surface area contributed by atoms with Crippen molar-refractivity contribution in [3.05, 3.63) is 23.5 Å². The van der Waals surface area contributed by atoms with Crippen molar-refractivity contribution < 1.29 is 9.53 Å². The molecule has 0 saturated carbocycles. The van der Waals surface area contributed by atoms with Gasteiger partial charge >= 0.3 is 5.97 Å². The molecule has 0 aliphatic rings. The molecule has 0 radical (unpaired) electrons. The van der Waals surface area contributed by atoms with Gasteiger partial charge in [0.2, 0.25) is 0 Å². The predicted molar refractivity (Wildman–Crippen MR) is 52.5 cm³/mol. The smallest absolute Gasteiger partial charge is 0.359 e. The van der Waals surface area contributed by atoms with E-state index in [4.69, 9.17) is 16.9 Å². The predicted octanol–water partition coefficient (Wildman–Crippen LogP) is 0.822. The van der Waals surface area contributed by atoms with E-state index in [2.05, 4.69) is 10.9 Å². The highest BCUT2D eigenvalue weighted by atomic mass is 16.5. The fourth-order valence-corrected chi connectivity index (χ4v) is 0.913. The van der Waals surface area contributed by atoms with Crippen molar-refractivity contribution in [3.8, 4) is 12.3 Å². The van der Waals surface area contributed by atoms with Crippen LogP contribution in [0.1, 0.15) is 23.1 Å². The quantitative estimate of drug-likeness (QED) is 0.554. The average molecular weight is 190 g/mol. The van der Waals surface area contributed by atoms with Crippen LogP contribution in [-0.4, -0.2) is 17.6 Å². The number of anilines is 1. The number of carbonyl (C=O) groups excluding carboxylic acids is 1. The minimum atomic E-state index is -0.554. The number of pyridine rings is 1. The Hall–Kier alpha value is -2.02. The van der Waals surface area contributed by atoms with Crippen molar-refractivity contribution in [1.82, 2.24) is 4.98 Å². The molecule has 0 spiro atoms. The number of nitrogens with zero attached hydrogens (tertiary/aromatic N) is 1. The number of nitrogens with two attached hydrogens (primary N) is 1. The molecule has 0 aliphatic carbocycles. The summed E-state index contributed by atoms with van der Waals surface area (Å²) in [6, 6.07) is 3.10. The van der Waals surface area contributed by atoms with E-state index in [1.165, 1.54) is 6.07 Å². The first kappa shape index (κ1) is 10.1. The van der Waals surface area contributed by atoms with Gasteiger partial charge in [0.05, 0.1) is 12.3 Å². The molecule has 1 aromatic rings. The number of rotatable bonds is 2. The van der Waals surface area contributed by atoms with Crippen molar-refractivity contribution in [2.75, 3.05) is 12.3 Å². The first-order valence-corrected chi connectivity index (χ1v) is 4.09. The van der Waals surface area contributed by atoms with Crippen molar-refractivity contribution in [3.63, 3.8) is 0 Å². The molecule has 4 nitrogen and oxygen atoms in total. The van der Waals surface area contributed by atoms with E-state index in [0.29, 0.717) is 5.69 Å². The Kier molecular flexibility index (Phi) is 3.08. The van der Waals surface area contributed by atoms with Crippen molar-refractivity contribution in [2.45, 2.75) is 6.92 Å². The molecule has 1 heterocycles. The van der Waals surface area contributed by atoms with Crippen LogP contribution in [0, 0.1) is 12.3 Å². The molecule has 0 aromatic carbocycles. The monoisotopic (exact) mass is 190 g/mol. The maximum atomic E-state index is 11.3. The maximum absolute atomic E-state index is 11.3. The number of carbonyl (C=O) groups is 1. The van der Waals surface area contributed by atoms with Crippen LogP contribution in [0.2, 0.25) is 0 Å². The lowest BCUT2D eigenvalue weighted by molar-refractivity contribution is 0.0521. The van der Waals surface area contributed by atoms with Crippen LogP contribution in [0.5, 0.6) is 0 Å². The first-order chi connectivity index (χ1) is 6.69. The Morgan fingerprint density at radius 2 is 2.43 bits per heavy atom. The van der Waals surface area contributed by atoms with Crippen LogP contribution < -0.4 is 5.73 Å². The summed E-state index contributed by atoms with van der Waals surface area (Å²) in [6.45, 7) is 1.99. The van der Waals surface area contributed by atoms with Gasteiger partial charge in [0.1, 0.15) is 5.69 Å². The second kappa shape index (κ2) is 4.28. The normalized spacial score (nSPS) is 9.14. The molecule has 0 atom stereocenters. The minimum absolute atomic E-state index is 0.0716. The Morgan fingerprint density at radius 1 is 1.71 bits per heavy atom. The lowest BCUT2D eigenvalue weighted by Gasteiger charge is -2.03. The van der Waals surface area contributed by atoms with Gasteiger partial charge in [0.25, 0.3) is 0 Å². The van der Waals surface area contributed by atoms with E-state index in [-0.39, 0.29) is 18.0 Å². The summed E-state index contributed by atoms with van der Waals surface area (Å²) < 4.78 is 4.76. The number of hydrogen-bond donors (Lipinski definition) is 1. The van der Waals surface area contributed by atoms with Gasteiger partial charge in [0, 0.05) is 0 Å². The van der Waals surface area contributed by atoms with Crippen molar-refractivity contribution >= 4 is 11.7 Å². The van der Waals surface area contributed by atoms with Gasteiger partial charge in [-0.3, -0.25) is 0 Å². The zero-order chi connectivity index (χ0) is 10.6. The first-order valence-electron chi connectivity index (χ1n) is 4.09. The molecule has 4 heteroatoms. The number of ether oxygens (including phenoxy) is 1. The summed E-state index contributed by atoms with van der Waals surface area (Å²) in [4.78, 5) is 15.2. The highest BCUT2D eigenvalue weighted by Crippen LogP contribution is 2.10. The van der Waals surface area contributed by atoms with Gasteiger partial charge < -0.3 is 10.5 Å². The number of hydrogen-bond acceptors (Lipinski definition) is 4. The van der Waals surface area contributed by atoms with Gasteiger partial charge in [-0.05, 0) is 19.1 Å². The molecule has 14 heavy (non-hydrogen) atoms. The molecule has 0 fully saturated rings. The van der Waals surface area contributed by atoms with Gasteiger partial charge in [0.15, 0.2) is 5.69 Å². The van der Waals surface area contributed by atoms with E-state index in [0.717, 1.165) is 0 Å². The Morgan fingerprint density at radius 3 is 3.00 bits per heavy atom. The Labute approximate surface area is 82.1 Å². The highest BCUT2D eigenvalue weighted by molar-refractivity contribution is 5.92. The standard InChI is InChI=1S/C10H10N2O2/c1-3-7-5-6-8(11)9(12-7)10(13)14-4-2/h1,5-6H,4,11H2,2H3. The molecular formula is C10H10N2O2. The van der Waals surface area contributed by atoms with Crippen LogP contribution in [0.25, 0.3) is 0 Å². The molecule has 0 amide bonds. The molecule has 72 valence electrons. The minimum Gasteiger partial charge on any atom is -0.461 e. The van der Waals surface area contributed by atoms with Crippen LogP contribution in [0.4, 0.5) is 5.69 Å². The summed E-state index contributed by atoms with van der Waals surface area (Å²) >= 11 is 0. The summed E-state index contributed by atoms with van der Waals surface area (Å²) in [5.74, 6) is 1.76. The van der Waals surface area contributed by atoms with Gasteiger partial charge in [-0.25, -0.2) is 9.78 Å². The van der Waals surface area contributed by atoms with Gasteiger partial charge in [-0.1, -0.05) is 5.92 Å². The molecular weight excluding hydrogens is 180 g/mol. The van der Waals surface area contributed by atoms with Gasteiger partial charge in [-0.2, -0.15) is 0 Å². The number of terminal acetylenes is 1. The third kappa shape index (κ3) is 2.02. The van der Waals surface area contributed by atoms with Crippen LogP contribution >= 0.6 is 0 Å². The van der Waals surface area contributed by atoms with E-state index in [1.54, 1.807) is 13.0 Å². The van der Waals surface area contributed by atoms with E-state index in [9.17, 15) is 4.79 Å². The molecule has 0 saturated heterocycles. The van der Waals surface area contributed by atoms with E-state index >= 15 is 0 Å². The Bertz CT molecular complexity index is 394. The molecule has 1 aromatic heterocycles. The van der Waals surface area contributed by atoms with E-state index < -0.39 is 5.97 Å². The van der Waals surface area contributed by atoms with Crippen LogP contribution in [0.3, 0.4) is 0 Å². The second-order valence-corrected chi connectivity index (χ2v) is 2.50. The number of nitrogen functional groups attached to an aromatic ring is 1. The number of esters is 1. The lowest BCUT2D eigenvalue weighted by Crippen LogP contribution is -2.11. The Balaban J connectivity index is 3.07. The number of aromatic nitrogens is 1. The van der Waals surface area contributed by atoms with Crippen LogP contribution in [-0.2, 0) is 4.74 Å². The topological polar surface area (TPSA) is 65.2 Å². The third-order valence-electron chi connectivity index (χ3n) is 1.54. The second-order valence-electron chi connectivity index (χ2n) is 2.50. The largest absolute Gasteiger partial charge is 0.461 e. The lowest BCUT2D eigenvalue weighted by atomic mass is 10.2. The fraction of sp³-hybridized carbons (Fsp3) is 0.200. The highest BCUT2D eigenvalue weighted by Gasteiger charge is 2.12. The van der Waals surface area contributed by atoms with Crippen molar-refractivity contribution in [2.24, 2.45) is 0 Å². The molecule has 0 bridgehead atoms. The van der Waals surface area contributed by atoms with E-state index in [1.807, 2.05) is 0 Å². The summed E-state index contributed by atoms with van der Waals surface area (Å²) in [5.41, 5.74) is 6.24. The summed E-state index contributed by atoms with van der Waals surface area (Å²) in [5, 5.41) is 0. The maximum Gasteiger partial charge on any atom is 0.359 e. The summed E-state index contributed by atoms with van der Waals surface area (Å²) in [7, 11) is 0.